The van der Waals surface area contributed by atoms with Crippen molar-refractivity contribution in [2.24, 2.45) is 0 Å². The smallest absolute Gasteiger partial charge is 0.322 e. The van der Waals surface area contributed by atoms with Gasteiger partial charge in [-0.05, 0) is 32.4 Å². The second-order valence-electron chi connectivity index (χ2n) is 3.72. The second-order valence-corrected chi connectivity index (χ2v) is 4.06. The summed E-state index contributed by atoms with van der Waals surface area (Å²) >= 11 is 5.70. The van der Waals surface area contributed by atoms with E-state index >= 15 is 0 Å². The number of aromatic nitrogens is 3. The third-order valence-electron chi connectivity index (χ3n) is 1.72. The Morgan fingerprint density at radius 3 is 2.72 bits per heavy atom. The predicted molar refractivity (Wildman–Crippen MR) is 67.8 cm³/mol. The van der Waals surface area contributed by atoms with Crippen molar-refractivity contribution >= 4 is 23.5 Å². The Balaban J connectivity index is 2.58. The van der Waals surface area contributed by atoms with Gasteiger partial charge in [-0.2, -0.15) is 15.0 Å². The molecule has 0 spiro atoms. The van der Waals surface area contributed by atoms with Crippen molar-refractivity contribution in [3.05, 3.63) is 5.28 Å². The summed E-state index contributed by atoms with van der Waals surface area (Å²) in [7, 11) is 0. The van der Waals surface area contributed by atoms with Gasteiger partial charge in [-0.1, -0.05) is 0 Å². The number of anilines is 1. The molecule has 18 heavy (non-hydrogen) atoms. The number of halogens is 1. The van der Waals surface area contributed by atoms with Gasteiger partial charge in [0.2, 0.25) is 17.1 Å². The summed E-state index contributed by atoms with van der Waals surface area (Å²) in [6, 6.07) is 0.212. The lowest BCUT2D eigenvalue weighted by Crippen LogP contribution is -2.35. The van der Waals surface area contributed by atoms with E-state index in [-0.39, 0.29) is 35.7 Å². The van der Waals surface area contributed by atoms with Crippen LogP contribution in [-0.4, -0.2) is 40.1 Å². The van der Waals surface area contributed by atoms with E-state index in [4.69, 9.17) is 16.3 Å². The van der Waals surface area contributed by atoms with Gasteiger partial charge < -0.3 is 15.4 Å². The van der Waals surface area contributed by atoms with Crippen LogP contribution in [0.2, 0.25) is 5.28 Å². The molecule has 0 saturated heterocycles. The summed E-state index contributed by atoms with van der Waals surface area (Å²) in [4.78, 5) is 23.0. The number of rotatable bonds is 6. The molecule has 0 fully saturated rings. The zero-order valence-electron chi connectivity index (χ0n) is 10.5. The van der Waals surface area contributed by atoms with Crippen LogP contribution in [-0.2, 0) is 4.79 Å². The fourth-order valence-corrected chi connectivity index (χ4v) is 1.29. The topological polar surface area (TPSA) is 89.0 Å². The molecular formula is C10H16ClN5O2. The number of nitrogens with one attached hydrogen (secondary N) is 2. The van der Waals surface area contributed by atoms with Crippen LogP contribution in [0.25, 0.3) is 0 Å². The summed E-state index contributed by atoms with van der Waals surface area (Å²) in [5.41, 5.74) is 0. The maximum Gasteiger partial charge on any atom is 0.322 e. The number of carbonyl (C=O) groups excluding carboxylic acids is 1. The molecule has 1 heterocycles. The highest BCUT2D eigenvalue weighted by Gasteiger charge is 2.08. The van der Waals surface area contributed by atoms with Crippen molar-refractivity contribution < 1.29 is 9.53 Å². The number of hydrogen-bond acceptors (Lipinski definition) is 6. The van der Waals surface area contributed by atoms with Gasteiger partial charge in [0.25, 0.3) is 0 Å². The van der Waals surface area contributed by atoms with E-state index in [2.05, 4.69) is 25.6 Å². The molecule has 1 aromatic rings. The third kappa shape index (κ3) is 5.13. The van der Waals surface area contributed by atoms with E-state index in [0.717, 1.165) is 0 Å². The van der Waals surface area contributed by atoms with E-state index in [9.17, 15) is 4.79 Å². The molecule has 0 aliphatic rings. The fraction of sp³-hybridized carbons (Fsp3) is 0.600. The summed E-state index contributed by atoms with van der Waals surface area (Å²) in [6.45, 7) is 6.05. The van der Waals surface area contributed by atoms with Gasteiger partial charge in [0.05, 0.1) is 13.2 Å². The van der Waals surface area contributed by atoms with Crippen LogP contribution in [0.3, 0.4) is 0 Å². The number of carbonyl (C=O) groups is 1. The van der Waals surface area contributed by atoms with E-state index in [1.165, 1.54) is 0 Å². The largest absolute Gasteiger partial charge is 0.464 e. The van der Waals surface area contributed by atoms with Crippen LogP contribution < -0.4 is 15.4 Å². The molecule has 1 aromatic heterocycles. The Bertz CT molecular complexity index is 413. The molecule has 100 valence electrons. The van der Waals surface area contributed by atoms with Crippen LogP contribution in [0.4, 0.5) is 5.95 Å². The molecular weight excluding hydrogens is 258 g/mol. The van der Waals surface area contributed by atoms with Crippen molar-refractivity contribution in [1.29, 1.82) is 0 Å². The Hall–Kier alpha value is -1.63. The van der Waals surface area contributed by atoms with Crippen molar-refractivity contribution in [1.82, 2.24) is 20.3 Å². The minimum Gasteiger partial charge on any atom is -0.464 e. The molecule has 0 aliphatic carbocycles. The molecule has 0 unspecified atom stereocenters. The van der Waals surface area contributed by atoms with E-state index in [1.807, 2.05) is 13.8 Å². The highest BCUT2D eigenvalue weighted by atomic mass is 35.5. The lowest BCUT2D eigenvalue weighted by Gasteiger charge is -2.09. The first kappa shape index (κ1) is 14.4. The Kier molecular flexibility index (Phi) is 5.57. The van der Waals surface area contributed by atoms with Gasteiger partial charge in [0.15, 0.2) is 0 Å². The second kappa shape index (κ2) is 6.95. The lowest BCUT2D eigenvalue weighted by molar-refractivity contribution is -0.119. The van der Waals surface area contributed by atoms with Gasteiger partial charge in [-0.25, -0.2) is 0 Å². The molecule has 2 N–H and O–H groups in total. The molecule has 0 bridgehead atoms. The predicted octanol–water partition coefficient (Wildman–Crippen LogP) is 0.860. The summed E-state index contributed by atoms with van der Waals surface area (Å²) in [5.74, 6) is 0.0526. The van der Waals surface area contributed by atoms with Crippen molar-refractivity contribution in [3.8, 4) is 6.01 Å². The van der Waals surface area contributed by atoms with Crippen LogP contribution in [0.5, 0.6) is 6.01 Å². The van der Waals surface area contributed by atoms with Crippen molar-refractivity contribution in [2.45, 2.75) is 26.8 Å². The Morgan fingerprint density at radius 1 is 1.39 bits per heavy atom. The first-order valence-electron chi connectivity index (χ1n) is 5.59. The molecule has 1 amide bonds. The summed E-state index contributed by atoms with van der Waals surface area (Å²) in [5, 5.41) is 5.50. The molecule has 0 radical (unpaired) electrons. The van der Waals surface area contributed by atoms with Gasteiger partial charge >= 0.3 is 6.01 Å². The minimum atomic E-state index is -0.153. The molecule has 0 atom stereocenters. The number of nitrogens with zero attached hydrogens (tertiary/aromatic N) is 3. The average Bonchev–Trinajstić information content (AvgIpc) is 2.25. The summed E-state index contributed by atoms with van der Waals surface area (Å²) in [6.07, 6.45) is 0. The minimum absolute atomic E-state index is 0.0141. The lowest BCUT2D eigenvalue weighted by atomic mass is 10.4. The molecule has 7 nitrogen and oxygen atoms in total. The maximum absolute atomic E-state index is 11.4. The number of ether oxygens (including phenoxy) is 1. The van der Waals surface area contributed by atoms with Gasteiger partial charge in [0.1, 0.15) is 0 Å². The molecule has 0 aromatic carbocycles. The number of hydrogen-bond donors (Lipinski definition) is 2. The van der Waals surface area contributed by atoms with Gasteiger partial charge in [0, 0.05) is 6.04 Å². The highest BCUT2D eigenvalue weighted by molar-refractivity contribution is 6.28. The van der Waals surface area contributed by atoms with Crippen LogP contribution in [0, 0.1) is 0 Å². The third-order valence-corrected chi connectivity index (χ3v) is 1.89. The quantitative estimate of drug-likeness (QED) is 0.799. The monoisotopic (exact) mass is 273 g/mol. The van der Waals surface area contributed by atoms with Crippen LogP contribution >= 0.6 is 11.6 Å². The SMILES string of the molecule is CCOc1nc(Cl)nc(NCC(=O)NC(C)C)n1. The average molecular weight is 274 g/mol. The normalized spacial score (nSPS) is 10.3. The maximum atomic E-state index is 11.4. The van der Waals surface area contributed by atoms with Gasteiger partial charge in [-0.15, -0.1) is 0 Å². The zero-order valence-corrected chi connectivity index (χ0v) is 11.3. The molecule has 0 saturated carbocycles. The Morgan fingerprint density at radius 2 is 2.11 bits per heavy atom. The first-order valence-corrected chi connectivity index (χ1v) is 5.96. The molecule has 0 aliphatic heterocycles. The highest BCUT2D eigenvalue weighted by Crippen LogP contribution is 2.10. The van der Waals surface area contributed by atoms with Crippen LogP contribution in [0.1, 0.15) is 20.8 Å². The summed E-state index contributed by atoms with van der Waals surface area (Å²) < 4.78 is 5.11. The van der Waals surface area contributed by atoms with Crippen molar-refractivity contribution in [2.75, 3.05) is 18.5 Å². The standard InChI is InChI=1S/C10H16ClN5O2/c1-4-18-10-15-8(11)14-9(16-10)12-5-7(17)13-6(2)3/h6H,4-5H2,1-3H3,(H,13,17)(H,12,14,15,16). The zero-order chi connectivity index (χ0) is 13.5. The first-order chi connectivity index (χ1) is 8.51. The number of amides is 1. The fourth-order valence-electron chi connectivity index (χ4n) is 1.14. The van der Waals surface area contributed by atoms with Crippen LogP contribution in [0.15, 0.2) is 0 Å². The van der Waals surface area contributed by atoms with Gasteiger partial charge in [-0.3, -0.25) is 4.79 Å². The van der Waals surface area contributed by atoms with E-state index in [0.29, 0.717) is 6.61 Å². The van der Waals surface area contributed by atoms with Crippen molar-refractivity contribution in [3.63, 3.8) is 0 Å². The van der Waals surface area contributed by atoms with E-state index in [1.54, 1.807) is 6.92 Å². The molecule has 8 heteroatoms. The molecule has 1 rings (SSSR count). The Labute approximate surface area is 110 Å². The van der Waals surface area contributed by atoms with E-state index < -0.39 is 0 Å².